The second kappa shape index (κ2) is 2.86. The highest BCUT2D eigenvalue weighted by molar-refractivity contribution is 5.73. The topological polar surface area (TPSA) is 26.3 Å². The first kappa shape index (κ1) is 7.32. The number of ether oxygens (including phenoxy) is 1. The third kappa shape index (κ3) is 1.20. The predicted octanol–water partition coefficient (Wildman–Crippen LogP) is 1.37. The van der Waals surface area contributed by atoms with Gasteiger partial charge >= 0.3 is 5.97 Å². The highest BCUT2D eigenvalue weighted by atomic mass is 16.5. The fourth-order valence-corrected chi connectivity index (χ4v) is 1.25. The van der Waals surface area contributed by atoms with Crippen LogP contribution in [0.1, 0.15) is 13.3 Å². The monoisotopic (exact) mass is 140 g/mol. The molecule has 0 radical (unpaired) electrons. The molecule has 0 heterocycles. The summed E-state index contributed by atoms with van der Waals surface area (Å²) in [6.45, 7) is 2.03. The molecule has 0 saturated heterocycles. The van der Waals surface area contributed by atoms with Gasteiger partial charge in [0.25, 0.3) is 0 Å². The maximum Gasteiger partial charge on any atom is 0.309 e. The molecular formula is C8H12O2. The molecule has 10 heavy (non-hydrogen) atoms. The van der Waals surface area contributed by atoms with E-state index in [1.165, 1.54) is 7.11 Å². The summed E-state index contributed by atoms with van der Waals surface area (Å²) in [5.74, 6) is 0.343. The molecule has 0 bridgehead atoms. The van der Waals surface area contributed by atoms with Gasteiger partial charge in [-0.25, -0.2) is 0 Å². The van der Waals surface area contributed by atoms with Crippen molar-refractivity contribution in [1.29, 1.82) is 0 Å². The fourth-order valence-electron chi connectivity index (χ4n) is 1.25. The Kier molecular flexibility index (Phi) is 2.10. The molecule has 0 amide bonds. The van der Waals surface area contributed by atoms with Gasteiger partial charge in [0.1, 0.15) is 0 Å². The Balaban J connectivity index is 2.51. The molecule has 1 aliphatic carbocycles. The van der Waals surface area contributed by atoms with Crippen molar-refractivity contribution in [2.75, 3.05) is 7.11 Å². The van der Waals surface area contributed by atoms with Gasteiger partial charge in [-0.05, 0) is 12.3 Å². The standard InChI is InChI=1S/C8H12O2/c1-6-4-3-5-7(6)8(9)10-2/h3-4,6-7H,5H2,1-2H3/t6-,7-/m0/s1. The van der Waals surface area contributed by atoms with Gasteiger partial charge in [-0.2, -0.15) is 0 Å². The summed E-state index contributed by atoms with van der Waals surface area (Å²) in [7, 11) is 1.44. The van der Waals surface area contributed by atoms with E-state index in [4.69, 9.17) is 0 Å². The smallest absolute Gasteiger partial charge is 0.309 e. The number of carbonyl (C=O) groups is 1. The summed E-state index contributed by atoms with van der Waals surface area (Å²) < 4.78 is 4.63. The first-order valence-corrected chi connectivity index (χ1v) is 3.50. The van der Waals surface area contributed by atoms with Crippen molar-refractivity contribution in [3.8, 4) is 0 Å². The van der Waals surface area contributed by atoms with Gasteiger partial charge in [-0.15, -0.1) is 0 Å². The number of hydrogen-bond donors (Lipinski definition) is 0. The zero-order valence-corrected chi connectivity index (χ0v) is 6.33. The molecule has 0 aromatic rings. The highest BCUT2D eigenvalue weighted by Gasteiger charge is 2.26. The SMILES string of the molecule is COC(=O)[C@H]1CC=C[C@@H]1C. The third-order valence-electron chi connectivity index (χ3n) is 1.97. The molecule has 0 saturated carbocycles. The van der Waals surface area contributed by atoms with Gasteiger partial charge in [0.15, 0.2) is 0 Å². The van der Waals surface area contributed by atoms with E-state index in [-0.39, 0.29) is 11.9 Å². The number of carbonyl (C=O) groups excluding carboxylic acids is 1. The molecule has 0 aromatic carbocycles. The van der Waals surface area contributed by atoms with Crippen LogP contribution in [0.3, 0.4) is 0 Å². The van der Waals surface area contributed by atoms with Gasteiger partial charge in [-0.3, -0.25) is 4.79 Å². The van der Waals surface area contributed by atoms with Crippen LogP contribution in [0.5, 0.6) is 0 Å². The summed E-state index contributed by atoms with van der Waals surface area (Å²) in [6.07, 6.45) is 4.93. The van der Waals surface area contributed by atoms with Crippen molar-refractivity contribution in [2.45, 2.75) is 13.3 Å². The molecule has 1 rings (SSSR count). The average molecular weight is 140 g/mol. The third-order valence-corrected chi connectivity index (χ3v) is 1.97. The van der Waals surface area contributed by atoms with Crippen molar-refractivity contribution in [1.82, 2.24) is 0 Å². The summed E-state index contributed by atoms with van der Waals surface area (Å²) in [4.78, 5) is 11.0. The van der Waals surface area contributed by atoms with Crippen LogP contribution in [-0.4, -0.2) is 13.1 Å². The van der Waals surface area contributed by atoms with Gasteiger partial charge in [0.2, 0.25) is 0 Å². The van der Waals surface area contributed by atoms with E-state index in [9.17, 15) is 4.79 Å². The minimum absolute atomic E-state index is 0.0741. The van der Waals surface area contributed by atoms with Crippen molar-refractivity contribution in [2.24, 2.45) is 11.8 Å². The molecule has 0 aliphatic heterocycles. The lowest BCUT2D eigenvalue weighted by molar-refractivity contribution is -0.146. The Bertz CT molecular complexity index is 161. The highest BCUT2D eigenvalue weighted by Crippen LogP contribution is 2.25. The van der Waals surface area contributed by atoms with E-state index >= 15 is 0 Å². The molecular weight excluding hydrogens is 128 g/mol. The molecule has 0 N–H and O–H groups in total. The normalized spacial score (nSPS) is 30.6. The van der Waals surface area contributed by atoms with E-state index in [1.54, 1.807) is 0 Å². The number of allylic oxidation sites excluding steroid dienone is 2. The Morgan fingerprint density at radius 2 is 2.40 bits per heavy atom. The lowest BCUT2D eigenvalue weighted by Crippen LogP contribution is -2.18. The van der Waals surface area contributed by atoms with Gasteiger partial charge in [0.05, 0.1) is 13.0 Å². The number of hydrogen-bond acceptors (Lipinski definition) is 2. The van der Waals surface area contributed by atoms with Crippen molar-refractivity contribution in [3.63, 3.8) is 0 Å². The van der Waals surface area contributed by atoms with Crippen LogP contribution in [-0.2, 0) is 9.53 Å². The Hall–Kier alpha value is -0.790. The fraction of sp³-hybridized carbons (Fsp3) is 0.625. The molecule has 1 aliphatic rings. The van der Waals surface area contributed by atoms with Crippen LogP contribution in [0, 0.1) is 11.8 Å². The lowest BCUT2D eigenvalue weighted by Gasteiger charge is -2.11. The molecule has 0 fully saturated rings. The van der Waals surface area contributed by atoms with E-state index in [0.717, 1.165) is 6.42 Å². The van der Waals surface area contributed by atoms with E-state index in [0.29, 0.717) is 5.92 Å². The number of methoxy groups -OCH3 is 1. The minimum atomic E-state index is -0.0856. The first-order valence-electron chi connectivity index (χ1n) is 3.50. The lowest BCUT2D eigenvalue weighted by atomic mass is 9.98. The summed E-state index contributed by atoms with van der Waals surface area (Å²) in [5.41, 5.74) is 0. The first-order chi connectivity index (χ1) is 4.75. The number of esters is 1. The maximum absolute atomic E-state index is 11.0. The summed E-state index contributed by atoms with van der Waals surface area (Å²) in [6, 6.07) is 0. The second-order valence-electron chi connectivity index (χ2n) is 2.65. The second-order valence-corrected chi connectivity index (χ2v) is 2.65. The van der Waals surface area contributed by atoms with Crippen LogP contribution < -0.4 is 0 Å². The molecule has 2 nitrogen and oxygen atoms in total. The van der Waals surface area contributed by atoms with Crippen LogP contribution in [0.2, 0.25) is 0 Å². The molecule has 2 atom stereocenters. The molecule has 0 spiro atoms. The largest absolute Gasteiger partial charge is 0.469 e. The Labute approximate surface area is 60.9 Å². The van der Waals surface area contributed by atoms with Crippen molar-refractivity contribution in [3.05, 3.63) is 12.2 Å². The predicted molar refractivity (Wildman–Crippen MR) is 38.4 cm³/mol. The molecule has 2 heteroatoms. The summed E-state index contributed by atoms with van der Waals surface area (Å²) >= 11 is 0. The molecule has 0 aromatic heterocycles. The maximum atomic E-state index is 11.0. The summed E-state index contributed by atoms with van der Waals surface area (Å²) in [5, 5.41) is 0. The Morgan fingerprint density at radius 1 is 1.70 bits per heavy atom. The van der Waals surface area contributed by atoms with Crippen molar-refractivity contribution < 1.29 is 9.53 Å². The zero-order valence-electron chi connectivity index (χ0n) is 6.33. The van der Waals surface area contributed by atoms with Gasteiger partial charge in [-0.1, -0.05) is 19.1 Å². The van der Waals surface area contributed by atoms with E-state index in [2.05, 4.69) is 10.8 Å². The quantitative estimate of drug-likeness (QED) is 0.406. The van der Waals surface area contributed by atoms with Crippen LogP contribution in [0.4, 0.5) is 0 Å². The Morgan fingerprint density at radius 3 is 2.80 bits per heavy atom. The van der Waals surface area contributed by atoms with Crippen LogP contribution in [0.25, 0.3) is 0 Å². The van der Waals surface area contributed by atoms with Crippen molar-refractivity contribution >= 4 is 5.97 Å². The molecule has 0 unspecified atom stereocenters. The van der Waals surface area contributed by atoms with Crippen LogP contribution in [0.15, 0.2) is 12.2 Å². The van der Waals surface area contributed by atoms with Gasteiger partial charge in [0, 0.05) is 0 Å². The zero-order chi connectivity index (χ0) is 7.56. The van der Waals surface area contributed by atoms with Crippen LogP contribution >= 0.6 is 0 Å². The number of rotatable bonds is 1. The van der Waals surface area contributed by atoms with E-state index < -0.39 is 0 Å². The minimum Gasteiger partial charge on any atom is -0.469 e. The average Bonchev–Trinajstić information content (AvgIpc) is 2.34. The molecule has 56 valence electrons. The van der Waals surface area contributed by atoms with Gasteiger partial charge < -0.3 is 4.74 Å². The van der Waals surface area contributed by atoms with E-state index in [1.807, 2.05) is 13.0 Å².